The molecule has 1 aliphatic rings. The minimum absolute atomic E-state index is 0.151. The SMILES string of the molecule is NC(=O)C1OC1c1ccc2ccccc2c1. The molecule has 2 atom stereocenters. The van der Waals surface area contributed by atoms with Crippen LogP contribution < -0.4 is 5.73 Å². The molecule has 0 radical (unpaired) electrons. The van der Waals surface area contributed by atoms with Crippen molar-refractivity contribution in [2.24, 2.45) is 5.73 Å². The zero-order valence-corrected chi connectivity index (χ0v) is 8.59. The number of benzene rings is 2. The summed E-state index contributed by atoms with van der Waals surface area (Å²) in [6, 6.07) is 14.1. The largest absolute Gasteiger partial charge is 0.367 e. The monoisotopic (exact) mass is 213 g/mol. The lowest BCUT2D eigenvalue weighted by Gasteiger charge is -2.00. The maximum atomic E-state index is 10.9. The Morgan fingerprint density at radius 2 is 1.88 bits per heavy atom. The normalized spacial score (nSPS) is 23.2. The van der Waals surface area contributed by atoms with Gasteiger partial charge in [0.15, 0.2) is 6.10 Å². The molecular weight excluding hydrogens is 202 g/mol. The Morgan fingerprint density at radius 1 is 1.12 bits per heavy atom. The van der Waals surface area contributed by atoms with Crippen LogP contribution in [0.25, 0.3) is 10.8 Å². The van der Waals surface area contributed by atoms with E-state index in [0.717, 1.165) is 10.9 Å². The van der Waals surface area contributed by atoms with Gasteiger partial charge in [-0.15, -0.1) is 0 Å². The maximum Gasteiger partial charge on any atom is 0.249 e. The molecular formula is C13H11NO2. The highest BCUT2D eigenvalue weighted by molar-refractivity contribution is 5.85. The van der Waals surface area contributed by atoms with Crippen LogP contribution in [0.4, 0.5) is 0 Å². The molecule has 16 heavy (non-hydrogen) atoms. The van der Waals surface area contributed by atoms with Gasteiger partial charge in [-0.3, -0.25) is 4.79 Å². The molecule has 0 aliphatic carbocycles. The lowest BCUT2D eigenvalue weighted by molar-refractivity contribution is -0.119. The van der Waals surface area contributed by atoms with Gasteiger partial charge in [0.1, 0.15) is 6.10 Å². The zero-order chi connectivity index (χ0) is 11.1. The van der Waals surface area contributed by atoms with Gasteiger partial charge in [-0.05, 0) is 22.4 Å². The Balaban J connectivity index is 1.98. The van der Waals surface area contributed by atoms with E-state index in [9.17, 15) is 4.79 Å². The predicted octanol–water partition coefficient (Wildman–Crippen LogP) is 1.76. The number of epoxide rings is 1. The topological polar surface area (TPSA) is 55.6 Å². The minimum Gasteiger partial charge on any atom is -0.367 e. The van der Waals surface area contributed by atoms with E-state index in [2.05, 4.69) is 6.07 Å². The summed E-state index contributed by atoms with van der Waals surface area (Å²) in [7, 11) is 0. The molecule has 2 N–H and O–H groups in total. The first-order chi connectivity index (χ1) is 7.75. The first kappa shape index (κ1) is 9.36. The van der Waals surface area contributed by atoms with Crippen LogP contribution in [0.1, 0.15) is 11.7 Å². The van der Waals surface area contributed by atoms with Gasteiger partial charge >= 0.3 is 0 Å². The van der Waals surface area contributed by atoms with Gasteiger partial charge in [0.05, 0.1) is 0 Å². The molecule has 1 saturated heterocycles. The van der Waals surface area contributed by atoms with Crippen molar-refractivity contribution in [2.75, 3.05) is 0 Å². The van der Waals surface area contributed by atoms with Gasteiger partial charge in [-0.1, -0.05) is 36.4 Å². The van der Waals surface area contributed by atoms with E-state index in [0.29, 0.717) is 0 Å². The van der Waals surface area contributed by atoms with Crippen molar-refractivity contribution in [1.29, 1.82) is 0 Å². The van der Waals surface area contributed by atoms with Crippen LogP contribution in [-0.2, 0) is 9.53 Å². The fraction of sp³-hybridized carbons (Fsp3) is 0.154. The summed E-state index contributed by atoms with van der Waals surface area (Å²) < 4.78 is 5.24. The quantitative estimate of drug-likeness (QED) is 0.773. The van der Waals surface area contributed by atoms with E-state index in [1.54, 1.807) is 0 Å². The minimum atomic E-state index is -0.443. The van der Waals surface area contributed by atoms with Crippen LogP contribution in [0.3, 0.4) is 0 Å². The molecule has 0 saturated carbocycles. The third-order valence-electron chi connectivity index (χ3n) is 2.87. The van der Waals surface area contributed by atoms with E-state index in [1.165, 1.54) is 5.39 Å². The fourth-order valence-electron chi connectivity index (χ4n) is 1.97. The first-order valence-corrected chi connectivity index (χ1v) is 5.19. The Hall–Kier alpha value is -1.87. The number of nitrogens with two attached hydrogens (primary N) is 1. The summed E-state index contributed by atoms with van der Waals surface area (Å²) in [5, 5.41) is 2.33. The molecule has 0 spiro atoms. The third-order valence-corrected chi connectivity index (χ3v) is 2.87. The number of primary amides is 1. The van der Waals surface area contributed by atoms with Crippen LogP contribution in [0.2, 0.25) is 0 Å². The van der Waals surface area contributed by atoms with Gasteiger partial charge in [0, 0.05) is 0 Å². The molecule has 2 aromatic carbocycles. The Bertz CT molecular complexity index is 565. The number of amides is 1. The van der Waals surface area contributed by atoms with Crippen LogP contribution in [0, 0.1) is 0 Å². The van der Waals surface area contributed by atoms with Crippen LogP contribution in [0.15, 0.2) is 42.5 Å². The molecule has 2 aromatic rings. The number of hydrogen-bond donors (Lipinski definition) is 1. The number of hydrogen-bond acceptors (Lipinski definition) is 2. The summed E-state index contributed by atoms with van der Waals surface area (Å²) in [4.78, 5) is 10.9. The van der Waals surface area contributed by atoms with Crippen molar-refractivity contribution in [2.45, 2.75) is 12.2 Å². The number of ether oxygens (including phenoxy) is 1. The average Bonchev–Trinajstić information content (AvgIpc) is 3.08. The van der Waals surface area contributed by atoms with Crippen molar-refractivity contribution in [3.05, 3.63) is 48.0 Å². The molecule has 1 heterocycles. The van der Waals surface area contributed by atoms with Crippen LogP contribution in [-0.4, -0.2) is 12.0 Å². The molecule has 3 rings (SSSR count). The summed E-state index contributed by atoms with van der Waals surface area (Å²) in [5.74, 6) is -0.391. The molecule has 3 heteroatoms. The Kier molecular flexibility index (Phi) is 1.94. The van der Waals surface area contributed by atoms with E-state index < -0.39 is 12.0 Å². The van der Waals surface area contributed by atoms with Crippen molar-refractivity contribution in [3.8, 4) is 0 Å². The lowest BCUT2D eigenvalue weighted by Crippen LogP contribution is -2.18. The second kappa shape index (κ2) is 3.32. The second-order valence-corrected chi connectivity index (χ2v) is 3.99. The van der Waals surface area contributed by atoms with Crippen molar-refractivity contribution in [1.82, 2.24) is 0 Å². The van der Waals surface area contributed by atoms with Crippen molar-refractivity contribution >= 4 is 16.7 Å². The summed E-state index contributed by atoms with van der Waals surface area (Å²) in [6.07, 6.45) is -0.594. The van der Waals surface area contributed by atoms with Crippen LogP contribution in [0.5, 0.6) is 0 Å². The Labute approximate surface area is 92.8 Å². The highest BCUT2D eigenvalue weighted by atomic mass is 16.6. The van der Waals surface area contributed by atoms with E-state index in [-0.39, 0.29) is 6.10 Å². The van der Waals surface area contributed by atoms with Gasteiger partial charge in [-0.25, -0.2) is 0 Å². The van der Waals surface area contributed by atoms with Gasteiger partial charge in [-0.2, -0.15) is 0 Å². The first-order valence-electron chi connectivity index (χ1n) is 5.19. The highest BCUT2D eigenvalue weighted by Crippen LogP contribution is 2.39. The summed E-state index contributed by atoms with van der Waals surface area (Å²) >= 11 is 0. The number of carbonyl (C=O) groups excluding carboxylic acids is 1. The fourth-order valence-corrected chi connectivity index (χ4v) is 1.97. The molecule has 0 bridgehead atoms. The van der Waals surface area contributed by atoms with E-state index in [4.69, 9.17) is 10.5 Å². The van der Waals surface area contributed by atoms with Gasteiger partial charge < -0.3 is 10.5 Å². The highest BCUT2D eigenvalue weighted by Gasteiger charge is 2.44. The number of rotatable bonds is 2. The van der Waals surface area contributed by atoms with Gasteiger partial charge in [0.25, 0.3) is 0 Å². The standard InChI is InChI=1S/C13H11NO2/c14-13(15)12-11(16-12)10-6-5-8-3-1-2-4-9(8)7-10/h1-7,11-12H,(H2,14,15). The third kappa shape index (κ3) is 1.46. The molecule has 0 aromatic heterocycles. The Morgan fingerprint density at radius 3 is 2.56 bits per heavy atom. The molecule has 1 aliphatic heterocycles. The number of carbonyl (C=O) groups is 1. The lowest BCUT2D eigenvalue weighted by atomic mass is 10.0. The van der Waals surface area contributed by atoms with E-state index in [1.807, 2.05) is 36.4 Å². The average molecular weight is 213 g/mol. The number of fused-ring (bicyclic) bond motifs is 1. The maximum absolute atomic E-state index is 10.9. The van der Waals surface area contributed by atoms with Crippen molar-refractivity contribution in [3.63, 3.8) is 0 Å². The smallest absolute Gasteiger partial charge is 0.249 e. The zero-order valence-electron chi connectivity index (χ0n) is 8.59. The molecule has 1 amide bonds. The van der Waals surface area contributed by atoms with Crippen LogP contribution >= 0.6 is 0 Å². The van der Waals surface area contributed by atoms with E-state index >= 15 is 0 Å². The molecule has 80 valence electrons. The molecule has 2 unspecified atom stereocenters. The predicted molar refractivity (Wildman–Crippen MR) is 60.8 cm³/mol. The van der Waals surface area contributed by atoms with Crippen molar-refractivity contribution < 1.29 is 9.53 Å². The molecule has 3 nitrogen and oxygen atoms in total. The summed E-state index contributed by atoms with van der Waals surface area (Å²) in [5.41, 5.74) is 6.19. The molecule has 1 fully saturated rings. The van der Waals surface area contributed by atoms with Gasteiger partial charge in [0.2, 0.25) is 5.91 Å². The summed E-state index contributed by atoms with van der Waals surface area (Å²) in [6.45, 7) is 0. The second-order valence-electron chi connectivity index (χ2n) is 3.99.